The van der Waals surface area contributed by atoms with E-state index in [0.717, 1.165) is 41.5 Å². The SMILES string of the molecule is COC1CCN(c2cc(Br)ccc2C=O)C1. The summed E-state index contributed by atoms with van der Waals surface area (Å²) in [7, 11) is 1.73. The number of nitrogens with zero attached hydrogens (tertiary/aromatic N) is 1. The van der Waals surface area contributed by atoms with Gasteiger partial charge in [0.15, 0.2) is 6.29 Å². The molecular weight excluding hydrogens is 270 g/mol. The summed E-state index contributed by atoms with van der Waals surface area (Å²) in [5.74, 6) is 0. The maximum absolute atomic E-state index is 11.0. The molecule has 0 saturated carbocycles. The first-order valence-electron chi connectivity index (χ1n) is 5.27. The van der Waals surface area contributed by atoms with Crippen molar-refractivity contribution < 1.29 is 9.53 Å². The van der Waals surface area contributed by atoms with Gasteiger partial charge in [0, 0.05) is 35.9 Å². The Labute approximate surface area is 104 Å². The molecule has 0 bridgehead atoms. The first kappa shape index (κ1) is 11.6. The van der Waals surface area contributed by atoms with Gasteiger partial charge in [0.1, 0.15) is 0 Å². The number of carbonyl (C=O) groups is 1. The largest absolute Gasteiger partial charge is 0.380 e. The highest BCUT2D eigenvalue weighted by Crippen LogP contribution is 2.27. The van der Waals surface area contributed by atoms with Gasteiger partial charge in [0.05, 0.1) is 6.10 Å². The van der Waals surface area contributed by atoms with Crippen LogP contribution in [0, 0.1) is 0 Å². The van der Waals surface area contributed by atoms with Gasteiger partial charge in [-0.1, -0.05) is 15.9 Å². The van der Waals surface area contributed by atoms with E-state index in [0.29, 0.717) is 0 Å². The number of benzene rings is 1. The van der Waals surface area contributed by atoms with Crippen LogP contribution in [0.25, 0.3) is 0 Å². The third-order valence-electron chi connectivity index (χ3n) is 2.94. The standard InChI is InChI=1S/C12H14BrNO2/c1-16-11-4-5-14(7-11)12-6-10(13)3-2-9(12)8-15/h2-3,6,8,11H,4-5,7H2,1H3. The van der Waals surface area contributed by atoms with E-state index in [4.69, 9.17) is 4.74 Å². The van der Waals surface area contributed by atoms with Crippen molar-refractivity contribution >= 4 is 27.9 Å². The molecule has 0 radical (unpaired) electrons. The van der Waals surface area contributed by atoms with Gasteiger partial charge < -0.3 is 9.64 Å². The molecule has 1 aromatic rings. The van der Waals surface area contributed by atoms with Crippen LogP contribution in [0.1, 0.15) is 16.8 Å². The summed E-state index contributed by atoms with van der Waals surface area (Å²) in [6, 6.07) is 5.71. The fraction of sp³-hybridized carbons (Fsp3) is 0.417. The summed E-state index contributed by atoms with van der Waals surface area (Å²) in [6.07, 6.45) is 2.20. The molecule has 86 valence electrons. The normalized spacial score (nSPS) is 20.1. The molecule has 1 fully saturated rings. The fourth-order valence-corrected chi connectivity index (χ4v) is 2.38. The molecule has 1 saturated heterocycles. The molecule has 1 aliphatic heterocycles. The Morgan fingerprint density at radius 1 is 1.56 bits per heavy atom. The predicted octanol–water partition coefficient (Wildman–Crippen LogP) is 2.49. The van der Waals surface area contributed by atoms with Crippen molar-refractivity contribution in [2.45, 2.75) is 12.5 Å². The van der Waals surface area contributed by atoms with Crippen molar-refractivity contribution in [2.24, 2.45) is 0 Å². The number of carbonyl (C=O) groups excluding carboxylic acids is 1. The van der Waals surface area contributed by atoms with Gasteiger partial charge in [-0.25, -0.2) is 0 Å². The molecule has 0 amide bonds. The Balaban J connectivity index is 2.26. The zero-order valence-electron chi connectivity index (χ0n) is 9.15. The molecule has 0 aromatic heterocycles. The highest BCUT2D eigenvalue weighted by molar-refractivity contribution is 9.10. The fourth-order valence-electron chi connectivity index (χ4n) is 2.03. The van der Waals surface area contributed by atoms with Crippen LogP contribution >= 0.6 is 15.9 Å². The Hall–Kier alpha value is -0.870. The summed E-state index contributed by atoms with van der Waals surface area (Å²) in [5.41, 5.74) is 1.73. The zero-order chi connectivity index (χ0) is 11.5. The van der Waals surface area contributed by atoms with Gasteiger partial charge in [0.2, 0.25) is 0 Å². The molecule has 0 N–H and O–H groups in total. The van der Waals surface area contributed by atoms with E-state index >= 15 is 0 Å². The van der Waals surface area contributed by atoms with Crippen molar-refractivity contribution in [3.63, 3.8) is 0 Å². The minimum atomic E-state index is 0.276. The number of methoxy groups -OCH3 is 1. The van der Waals surface area contributed by atoms with Gasteiger partial charge in [-0.05, 0) is 24.6 Å². The van der Waals surface area contributed by atoms with E-state index in [1.165, 1.54) is 0 Å². The van der Waals surface area contributed by atoms with E-state index in [9.17, 15) is 4.79 Å². The number of aldehydes is 1. The second-order valence-corrected chi connectivity index (χ2v) is 4.83. The van der Waals surface area contributed by atoms with Gasteiger partial charge in [-0.3, -0.25) is 4.79 Å². The maximum atomic E-state index is 11.0. The molecule has 0 aliphatic carbocycles. The van der Waals surface area contributed by atoms with E-state index < -0.39 is 0 Å². The quantitative estimate of drug-likeness (QED) is 0.799. The Morgan fingerprint density at radius 2 is 2.38 bits per heavy atom. The number of hydrogen-bond donors (Lipinski definition) is 0. The number of rotatable bonds is 3. The van der Waals surface area contributed by atoms with Crippen LogP contribution in [0.3, 0.4) is 0 Å². The van der Waals surface area contributed by atoms with Gasteiger partial charge >= 0.3 is 0 Å². The smallest absolute Gasteiger partial charge is 0.152 e. The van der Waals surface area contributed by atoms with Crippen LogP contribution in [0.5, 0.6) is 0 Å². The lowest BCUT2D eigenvalue weighted by atomic mass is 10.2. The van der Waals surface area contributed by atoms with E-state index in [-0.39, 0.29) is 6.10 Å². The molecule has 2 rings (SSSR count). The second-order valence-electron chi connectivity index (χ2n) is 3.91. The van der Waals surface area contributed by atoms with Crippen molar-refractivity contribution in [1.82, 2.24) is 0 Å². The molecule has 1 aliphatic rings. The number of ether oxygens (including phenoxy) is 1. The van der Waals surface area contributed by atoms with Crippen LogP contribution < -0.4 is 4.90 Å². The second kappa shape index (κ2) is 4.97. The first-order chi connectivity index (χ1) is 7.74. The molecule has 1 unspecified atom stereocenters. The highest BCUT2D eigenvalue weighted by Gasteiger charge is 2.23. The summed E-state index contributed by atoms with van der Waals surface area (Å²) in [5, 5.41) is 0. The van der Waals surface area contributed by atoms with Gasteiger partial charge in [0.25, 0.3) is 0 Å². The van der Waals surface area contributed by atoms with Crippen molar-refractivity contribution in [1.29, 1.82) is 0 Å². The van der Waals surface area contributed by atoms with Gasteiger partial charge in [-0.15, -0.1) is 0 Å². The van der Waals surface area contributed by atoms with E-state index in [2.05, 4.69) is 20.8 Å². The number of hydrogen-bond acceptors (Lipinski definition) is 3. The van der Waals surface area contributed by atoms with Crippen LogP contribution in [0.2, 0.25) is 0 Å². The Kier molecular flexibility index (Phi) is 3.61. The molecule has 3 nitrogen and oxygen atoms in total. The number of anilines is 1. The van der Waals surface area contributed by atoms with Crippen LogP contribution in [-0.2, 0) is 4.74 Å². The van der Waals surface area contributed by atoms with Crippen LogP contribution in [0.15, 0.2) is 22.7 Å². The third kappa shape index (κ3) is 2.28. The van der Waals surface area contributed by atoms with Crippen molar-refractivity contribution in [3.8, 4) is 0 Å². The molecule has 1 heterocycles. The zero-order valence-corrected chi connectivity index (χ0v) is 10.7. The Morgan fingerprint density at radius 3 is 3.00 bits per heavy atom. The Bertz CT molecular complexity index is 395. The minimum Gasteiger partial charge on any atom is -0.380 e. The van der Waals surface area contributed by atoms with E-state index in [1.54, 1.807) is 7.11 Å². The van der Waals surface area contributed by atoms with Crippen molar-refractivity contribution in [3.05, 3.63) is 28.2 Å². The van der Waals surface area contributed by atoms with Crippen LogP contribution in [-0.4, -0.2) is 32.6 Å². The average molecular weight is 284 g/mol. The predicted molar refractivity (Wildman–Crippen MR) is 67.2 cm³/mol. The average Bonchev–Trinajstić information content (AvgIpc) is 2.77. The molecule has 4 heteroatoms. The van der Waals surface area contributed by atoms with Crippen molar-refractivity contribution in [2.75, 3.05) is 25.1 Å². The molecule has 1 atom stereocenters. The highest BCUT2D eigenvalue weighted by atomic mass is 79.9. The topological polar surface area (TPSA) is 29.5 Å². The summed E-state index contributed by atoms with van der Waals surface area (Å²) in [4.78, 5) is 13.2. The number of halogens is 1. The summed E-state index contributed by atoms with van der Waals surface area (Å²) >= 11 is 3.43. The minimum absolute atomic E-state index is 0.276. The first-order valence-corrected chi connectivity index (χ1v) is 6.06. The van der Waals surface area contributed by atoms with Gasteiger partial charge in [-0.2, -0.15) is 0 Å². The summed E-state index contributed by atoms with van der Waals surface area (Å²) < 4.78 is 6.32. The molecular formula is C12H14BrNO2. The molecule has 1 aromatic carbocycles. The van der Waals surface area contributed by atoms with E-state index in [1.807, 2.05) is 18.2 Å². The molecule has 16 heavy (non-hydrogen) atoms. The van der Waals surface area contributed by atoms with Crippen LogP contribution in [0.4, 0.5) is 5.69 Å². The lowest BCUT2D eigenvalue weighted by Crippen LogP contribution is -2.23. The lowest BCUT2D eigenvalue weighted by Gasteiger charge is -2.20. The third-order valence-corrected chi connectivity index (χ3v) is 3.43. The lowest BCUT2D eigenvalue weighted by molar-refractivity contribution is 0.112. The summed E-state index contributed by atoms with van der Waals surface area (Å²) in [6.45, 7) is 1.80. The maximum Gasteiger partial charge on any atom is 0.152 e. The monoisotopic (exact) mass is 283 g/mol. The molecule has 0 spiro atoms.